The Balaban J connectivity index is 1.33. The minimum Gasteiger partial charge on any atom is -0.492 e. The van der Waals surface area contributed by atoms with Gasteiger partial charge in [-0.2, -0.15) is 0 Å². The van der Waals surface area contributed by atoms with Gasteiger partial charge in [0.05, 0.1) is 6.54 Å². The van der Waals surface area contributed by atoms with Crippen LogP contribution in [0.4, 0.5) is 9.18 Å². The number of urea groups is 1. The Kier molecular flexibility index (Phi) is 6.47. The molecule has 2 amide bonds. The van der Waals surface area contributed by atoms with E-state index in [2.05, 4.69) is 29.6 Å². The van der Waals surface area contributed by atoms with E-state index in [9.17, 15) is 9.18 Å². The third kappa shape index (κ3) is 5.48. The van der Waals surface area contributed by atoms with Gasteiger partial charge in [0.15, 0.2) is 0 Å². The average Bonchev–Trinajstić information content (AvgIpc) is 2.66. The van der Waals surface area contributed by atoms with Crippen LogP contribution in [-0.4, -0.2) is 37.2 Å². The average molecular weight is 356 g/mol. The Morgan fingerprint density at radius 3 is 2.62 bits per heavy atom. The Morgan fingerprint density at radius 1 is 1.12 bits per heavy atom. The van der Waals surface area contributed by atoms with Gasteiger partial charge >= 0.3 is 6.03 Å². The van der Waals surface area contributed by atoms with E-state index in [0.717, 1.165) is 32.4 Å². The molecule has 0 bridgehead atoms. The van der Waals surface area contributed by atoms with E-state index >= 15 is 0 Å². The molecule has 1 heterocycles. The molecule has 1 aliphatic rings. The first-order chi connectivity index (χ1) is 12.7. The lowest BCUT2D eigenvalue weighted by Gasteiger charge is -2.32. The number of nitrogens with zero attached hydrogens (tertiary/aromatic N) is 1. The fourth-order valence-corrected chi connectivity index (χ4v) is 3.28. The molecule has 2 aromatic carbocycles. The van der Waals surface area contributed by atoms with Gasteiger partial charge in [-0.25, -0.2) is 9.18 Å². The molecule has 1 N–H and O–H groups in total. The van der Waals surface area contributed by atoms with E-state index in [4.69, 9.17) is 4.74 Å². The van der Waals surface area contributed by atoms with Crippen molar-refractivity contribution in [1.29, 1.82) is 0 Å². The predicted molar refractivity (Wildman–Crippen MR) is 99.7 cm³/mol. The molecule has 5 heteroatoms. The standard InChI is InChI=1S/C21H25FN2O2/c22-19-7-4-8-20(16-19)26-14-11-23-21(25)24-12-9-18(10-13-24)15-17-5-2-1-3-6-17/h1-8,16,18H,9-15H2,(H,23,25). The normalized spacial score (nSPS) is 14.9. The molecule has 2 aromatic rings. The SMILES string of the molecule is O=C(NCCOc1cccc(F)c1)N1CCC(Cc2ccccc2)CC1. The number of hydrogen-bond acceptors (Lipinski definition) is 2. The molecule has 1 aliphatic heterocycles. The van der Waals surface area contributed by atoms with E-state index in [1.165, 1.54) is 17.7 Å². The molecular weight excluding hydrogens is 331 g/mol. The highest BCUT2D eigenvalue weighted by Gasteiger charge is 2.22. The summed E-state index contributed by atoms with van der Waals surface area (Å²) < 4.78 is 18.5. The lowest BCUT2D eigenvalue weighted by atomic mass is 9.90. The maximum atomic E-state index is 13.1. The van der Waals surface area contributed by atoms with Crippen molar-refractivity contribution in [3.05, 3.63) is 66.0 Å². The van der Waals surface area contributed by atoms with Crippen LogP contribution in [0.5, 0.6) is 5.75 Å². The highest BCUT2D eigenvalue weighted by atomic mass is 19.1. The van der Waals surface area contributed by atoms with E-state index in [1.54, 1.807) is 12.1 Å². The third-order valence-electron chi connectivity index (χ3n) is 4.71. The van der Waals surface area contributed by atoms with Crippen LogP contribution in [0.1, 0.15) is 18.4 Å². The molecule has 138 valence electrons. The molecule has 4 nitrogen and oxygen atoms in total. The first-order valence-electron chi connectivity index (χ1n) is 9.16. The minimum atomic E-state index is -0.329. The number of hydrogen-bond donors (Lipinski definition) is 1. The quantitative estimate of drug-likeness (QED) is 0.799. The van der Waals surface area contributed by atoms with Gasteiger partial charge in [-0.1, -0.05) is 36.4 Å². The molecule has 1 fully saturated rings. The molecule has 1 saturated heterocycles. The minimum absolute atomic E-state index is 0.0500. The maximum absolute atomic E-state index is 13.1. The Bertz CT molecular complexity index is 700. The van der Waals surface area contributed by atoms with Crippen molar-refractivity contribution in [3.63, 3.8) is 0 Å². The van der Waals surface area contributed by atoms with Crippen LogP contribution in [0.15, 0.2) is 54.6 Å². The second-order valence-electron chi connectivity index (χ2n) is 6.66. The Labute approximate surface area is 154 Å². The van der Waals surface area contributed by atoms with Crippen LogP contribution in [0.3, 0.4) is 0 Å². The number of halogens is 1. The zero-order chi connectivity index (χ0) is 18.2. The smallest absolute Gasteiger partial charge is 0.317 e. The zero-order valence-electron chi connectivity index (χ0n) is 14.9. The number of ether oxygens (including phenoxy) is 1. The highest BCUT2D eigenvalue weighted by Crippen LogP contribution is 2.21. The van der Waals surface area contributed by atoms with Crippen LogP contribution < -0.4 is 10.1 Å². The summed E-state index contributed by atoms with van der Waals surface area (Å²) in [5.41, 5.74) is 1.37. The summed E-state index contributed by atoms with van der Waals surface area (Å²) in [7, 11) is 0. The molecule has 3 rings (SSSR count). The predicted octanol–water partition coefficient (Wildman–Crippen LogP) is 3.87. The number of nitrogens with one attached hydrogen (secondary N) is 1. The van der Waals surface area contributed by atoms with Crippen molar-refractivity contribution in [2.24, 2.45) is 5.92 Å². The fraction of sp³-hybridized carbons (Fsp3) is 0.381. The number of likely N-dealkylation sites (tertiary alicyclic amines) is 1. The number of benzene rings is 2. The number of rotatable bonds is 6. The number of piperidine rings is 1. The second-order valence-corrected chi connectivity index (χ2v) is 6.66. The van der Waals surface area contributed by atoms with Crippen LogP contribution in [0.25, 0.3) is 0 Å². The van der Waals surface area contributed by atoms with Crippen LogP contribution >= 0.6 is 0 Å². The van der Waals surface area contributed by atoms with Gasteiger partial charge in [-0.05, 0) is 42.9 Å². The van der Waals surface area contributed by atoms with Crippen molar-refractivity contribution in [2.75, 3.05) is 26.2 Å². The molecule has 0 unspecified atom stereocenters. The summed E-state index contributed by atoms with van der Waals surface area (Å²) in [5.74, 6) is 0.781. The van der Waals surface area contributed by atoms with Gasteiger partial charge in [0, 0.05) is 19.2 Å². The van der Waals surface area contributed by atoms with Gasteiger partial charge < -0.3 is 15.0 Å². The summed E-state index contributed by atoms with van der Waals surface area (Å²) in [4.78, 5) is 14.1. The molecular formula is C21H25FN2O2. The summed E-state index contributed by atoms with van der Waals surface area (Å²) >= 11 is 0. The number of amides is 2. The summed E-state index contributed by atoms with van der Waals surface area (Å²) in [6.07, 6.45) is 3.14. The summed E-state index contributed by atoms with van der Waals surface area (Å²) in [6.45, 7) is 2.29. The molecule has 0 aromatic heterocycles. The number of carbonyl (C=O) groups excluding carboxylic acids is 1. The van der Waals surface area contributed by atoms with Crippen LogP contribution in [-0.2, 0) is 6.42 Å². The van der Waals surface area contributed by atoms with E-state index in [0.29, 0.717) is 24.8 Å². The highest BCUT2D eigenvalue weighted by molar-refractivity contribution is 5.74. The summed E-state index contributed by atoms with van der Waals surface area (Å²) in [6, 6.07) is 16.5. The molecule has 26 heavy (non-hydrogen) atoms. The van der Waals surface area contributed by atoms with Crippen LogP contribution in [0, 0.1) is 11.7 Å². The van der Waals surface area contributed by atoms with E-state index < -0.39 is 0 Å². The van der Waals surface area contributed by atoms with Gasteiger partial charge in [0.2, 0.25) is 0 Å². The first-order valence-corrected chi connectivity index (χ1v) is 9.16. The van der Waals surface area contributed by atoms with Gasteiger partial charge in [-0.3, -0.25) is 0 Å². The largest absolute Gasteiger partial charge is 0.492 e. The molecule has 0 radical (unpaired) electrons. The number of carbonyl (C=O) groups is 1. The van der Waals surface area contributed by atoms with E-state index in [-0.39, 0.29) is 11.8 Å². The van der Waals surface area contributed by atoms with Crippen molar-refractivity contribution >= 4 is 6.03 Å². The third-order valence-corrected chi connectivity index (χ3v) is 4.71. The zero-order valence-corrected chi connectivity index (χ0v) is 14.9. The van der Waals surface area contributed by atoms with E-state index in [1.807, 2.05) is 11.0 Å². The van der Waals surface area contributed by atoms with Crippen molar-refractivity contribution in [3.8, 4) is 5.75 Å². The Hall–Kier alpha value is -2.56. The van der Waals surface area contributed by atoms with Gasteiger partial charge in [0.25, 0.3) is 0 Å². The summed E-state index contributed by atoms with van der Waals surface area (Å²) in [5, 5.41) is 2.87. The lowest BCUT2D eigenvalue weighted by Crippen LogP contribution is -2.45. The molecule has 0 spiro atoms. The first kappa shape index (κ1) is 18.2. The topological polar surface area (TPSA) is 41.6 Å². The van der Waals surface area contributed by atoms with Crippen molar-refractivity contribution in [2.45, 2.75) is 19.3 Å². The molecule has 0 saturated carbocycles. The molecule has 0 atom stereocenters. The fourth-order valence-electron chi connectivity index (χ4n) is 3.28. The van der Waals surface area contributed by atoms with Gasteiger partial charge in [0.1, 0.15) is 18.2 Å². The monoisotopic (exact) mass is 356 g/mol. The lowest BCUT2D eigenvalue weighted by molar-refractivity contribution is 0.168. The van der Waals surface area contributed by atoms with Crippen molar-refractivity contribution < 1.29 is 13.9 Å². The maximum Gasteiger partial charge on any atom is 0.317 e. The van der Waals surface area contributed by atoms with Gasteiger partial charge in [-0.15, -0.1) is 0 Å². The van der Waals surface area contributed by atoms with Crippen LogP contribution in [0.2, 0.25) is 0 Å². The Morgan fingerprint density at radius 2 is 1.88 bits per heavy atom. The second kappa shape index (κ2) is 9.22. The molecule has 0 aliphatic carbocycles. The van der Waals surface area contributed by atoms with Crippen molar-refractivity contribution in [1.82, 2.24) is 10.2 Å².